The normalized spacial score (nSPS) is 11.9. The number of aliphatic carboxylic acids is 1. The molecular weight excluding hydrogens is 242 g/mol. The summed E-state index contributed by atoms with van der Waals surface area (Å²) in [7, 11) is 0. The first-order chi connectivity index (χ1) is 9.13. The zero-order valence-electron chi connectivity index (χ0n) is 10.6. The number of carbonyl (C=O) groups is 1. The lowest BCUT2D eigenvalue weighted by Crippen LogP contribution is -1.96. The second-order valence-electron chi connectivity index (χ2n) is 3.59. The number of nitrogens with zero attached hydrogens (tertiary/aromatic N) is 1. The SMILES string of the molecule is C=CN=C/C=C(\C=C\C(=O)O)Oc1ccccc1C. The van der Waals surface area contributed by atoms with Crippen LogP contribution in [-0.4, -0.2) is 17.3 Å². The van der Waals surface area contributed by atoms with Gasteiger partial charge in [0, 0.05) is 18.5 Å². The third kappa shape index (κ3) is 5.50. The maximum Gasteiger partial charge on any atom is 0.328 e. The molecule has 19 heavy (non-hydrogen) atoms. The summed E-state index contributed by atoms with van der Waals surface area (Å²) in [6, 6.07) is 7.46. The fourth-order valence-corrected chi connectivity index (χ4v) is 1.25. The molecule has 1 aromatic carbocycles. The van der Waals surface area contributed by atoms with Crippen LogP contribution >= 0.6 is 0 Å². The maximum atomic E-state index is 10.5. The fourth-order valence-electron chi connectivity index (χ4n) is 1.25. The number of para-hydroxylation sites is 1. The molecule has 0 unspecified atom stereocenters. The van der Waals surface area contributed by atoms with E-state index >= 15 is 0 Å². The molecule has 0 heterocycles. The van der Waals surface area contributed by atoms with Crippen molar-refractivity contribution in [2.45, 2.75) is 6.92 Å². The highest BCUT2D eigenvalue weighted by atomic mass is 16.5. The first kappa shape index (κ1) is 14.4. The molecule has 0 aromatic heterocycles. The summed E-state index contributed by atoms with van der Waals surface area (Å²) in [6.45, 7) is 5.36. The predicted octanol–water partition coefficient (Wildman–Crippen LogP) is 3.11. The van der Waals surface area contributed by atoms with Gasteiger partial charge in [-0.1, -0.05) is 24.8 Å². The first-order valence-corrected chi connectivity index (χ1v) is 5.62. The lowest BCUT2D eigenvalue weighted by atomic mass is 10.2. The number of aliphatic imine (C=N–C) groups is 1. The molecule has 4 heteroatoms. The van der Waals surface area contributed by atoms with E-state index in [0.29, 0.717) is 11.5 Å². The predicted molar refractivity (Wildman–Crippen MR) is 75.4 cm³/mol. The lowest BCUT2D eigenvalue weighted by Gasteiger charge is -2.08. The molecule has 0 spiro atoms. The van der Waals surface area contributed by atoms with Gasteiger partial charge >= 0.3 is 5.97 Å². The molecule has 0 aliphatic carbocycles. The number of rotatable bonds is 6. The van der Waals surface area contributed by atoms with Gasteiger partial charge in [0.15, 0.2) is 0 Å². The van der Waals surface area contributed by atoms with Crippen LogP contribution < -0.4 is 4.74 Å². The highest BCUT2D eigenvalue weighted by Gasteiger charge is 2.00. The molecule has 1 N–H and O–H groups in total. The van der Waals surface area contributed by atoms with Crippen molar-refractivity contribution >= 4 is 12.2 Å². The average Bonchev–Trinajstić information content (AvgIpc) is 2.38. The summed E-state index contributed by atoms with van der Waals surface area (Å²) in [5, 5.41) is 8.64. The third-order valence-electron chi connectivity index (χ3n) is 2.14. The Kier molecular flexibility index (Phi) is 5.82. The number of carboxylic acids is 1. The Hall–Kier alpha value is -2.62. The Labute approximate surface area is 112 Å². The van der Waals surface area contributed by atoms with Crippen molar-refractivity contribution in [3.63, 3.8) is 0 Å². The van der Waals surface area contributed by atoms with Crippen LogP contribution in [0.3, 0.4) is 0 Å². The molecule has 0 fully saturated rings. The fraction of sp³-hybridized carbons (Fsp3) is 0.0667. The molecule has 0 atom stereocenters. The summed E-state index contributed by atoms with van der Waals surface area (Å²) < 4.78 is 5.63. The van der Waals surface area contributed by atoms with Crippen molar-refractivity contribution in [3.05, 3.63) is 66.6 Å². The molecule has 4 nitrogen and oxygen atoms in total. The Morgan fingerprint density at radius 1 is 1.37 bits per heavy atom. The average molecular weight is 257 g/mol. The molecule has 0 aliphatic heterocycles. The van der Waals surface area contributed by atoms with E-state index in [4.69, 9.17) is 9.84 Å². The molecule has 0 saturated heterocycles. The van der Waals surface area contributed by atoms with E-state index in [9.17, 15) is 4.79 Å². The van der Waals surface area contributed by atoms with Crippen LogP contribution in [0.15, 0.2) is 66.0 Å². The molecule has 1 rings (SSSR count). The molecule has 0 saturated carbocycles. The minimum atomic E-state index is -1.04. The molecule has 98 valence electrons. The van der Waals surface area contributed by atoms with E-state index in [1.807, 2.05) is 31.2 Å². The van der Waals surface area contributed by atoms with Crippen LogP contribution in [0, 0.1) is 6.92 Å². The van der Waals surface area contributed by atoms with Gasteiger partial charge < -0.3 is 9.84 Å². The number of ether oxygens (including phenoxy) is 1. The highest BCUT2D eigenvalue weighted by molar-refractivity contribution is 5.81. The summed E-state index contributed by atoms with van der Waals surface area (Å²) in [6.07, 6.45) is 6.79. The minimum Gasteiger partial charge on any atom is -0.478 e. The monoisotopic (exact) mass is 257 g/mol. The van der Waals surface area contributed by atoms with Crippen molar-refractivity contribution in [2.24, 2.45) is 4.99 Å². The number of allylic oxidation sites excluding steroid dienone is 2. The van der Waals surface area contributed by atoms with E-state index in [1.54, 1.807) is 6.08 Å². The Bertz CT molecular complexity index is 542. The van der Waals surface area contributed by atoms with Gasteiger partial charge in [0.1, 0.15) is 11.5 Å². The van der Waals surface area contributed by atoms with Gasteiger partial charge in [0.2, 0.25) is 0 Å². The summed E-state index contributed by atoms with van der Waals surface area (Å²) in [4.78, 5) is 14.3. The quantitative estimate of drug-likeness (QED) is 0.368. The van der Waals surface area contributed by atoms with E-state index in [-0.39, 0.29) is 0 Å². The second-order valence-corrected chi connectivity index (χ2v) is 3.59. The van der Waals surface area contributed by atoms with Gasteiger partial charge in [-0.05, 0) is 30.7 Å². The molecular formula is C15H15NO3. The lowest BCUT2D eigenvalue weighted by molar-refractivity contribution is -0.131. The van der Waals surface area contributed by atoms with Crippen LogP contribution in [0.2, 0.25) is 0 Å². The van der Waals surface area contributed by atoms with E-state index in [0.717, 1.165) is 11.6 Å². The topological polar surface area (TPSA) is 58.9 Å². The van der Waals surface area contributed by atoms with E-state index < -0.39 is 5.97 Å². The Morgan fingerprint density at radius 3 is 2.74 bits per heavy atom. The summed E-state index contributed by atoms with van der Waals surface area (Å²) in [5.41, 5.74) is 0.956. The number of benzene rings is 1. The summed E-state index contributed by atoms with van der Waals surface area (Å²) in [5.74, 6) is -0.00182. The van der Waals surface area contributed by atoms with Gasteiger partial charge in [0.05, 0.1) is 0 Å². The number of aryl methyl sites for hydroxylation is 1. The molecule has 0 radical (unpaired) electrons. The largest absolute Gasteiger partial charge is 0.478 e. The summed E-state index contributed by atoms with van der Waals surface area (Å²) >= 11 is 0. The Balaban J connectivity index is 2.94. The van der Waals surface area contributed by atoms with Crippen LogP contribution in [-0.2, 0) is 4.79 Å². The van der Waals surface area contributed by atoms with E-state index in [1.165, 1.54) is 18.5 Å². The van der Waals surface area contributed by atoms with Crippen molar-refractivity contribution in [1.29, 1.82) is 0 Å². The van der Waals surface area contributed by atoms with Crippen LogP contribution in [0.25, 0.3) is 0 Å². The van der Waals surface area contributed by atoms with Crippen molar-refractivity contribution in [3.8, 4) is 5.75 Å². The van der Waals surface area contributed by atoms with Gasteiger partial charge in [-0.25, -0.2) is 4.79 Å². The van der Waals surface area contributed by atoms with Gasteiger partial charge in [-0.3, -0.25) is 4.99 Å². The first-order valence-electron chi connectivity index (χ1n) is 5.62. The molecule has 1 aromatic rings. The number of carboxylic acid groups (broad SMARTS) is 1. The highest BCUT2D eigenvalue weighted by Crippen LogP contribution is 2.19. The number of hydrogen-bond acceptors (Lipinski definition) is 3. The van der Waals surface area contributed by atoms with Crippen molar-refractivity contribution in [1.82, 2.24) is 0 Å². The molecule has 0 bridgehead atoms. The minimum absolute atomic E-state index is 0.377. The zero-order chi connectivity index (χ0) is 14.1. The Morgan fingerprint density at radius 2 is 2.11 bits per heavy atom. The molecule has 0 amide bonds. The van der Waals surface area contributed by atoms with Gasteiger partial charge in [-0.15, -0.1) is 0 Å². The van der Waals surface area contributed by atoms with Crippen LogP contribution in [0.5, 0.6) is 5.75 Å². The van der Waals surface area contributed by atoms with Crippen molar-refractivity contribution < 1.29 is 14.6 Å². The zero-order valence-corrected chi connectivity index (χ0v) is 10.6. The van der Waals surface area contributed by atoms with Crippen molar-refractivity contribution in [2.75, 3.05) is 0 Å². The van der Waals surface area contributed by atoms with Gasteiger partial charge in [0.25, 0.3) is 0 Å². The smallest absolute Gasteiger partial charge is 0.328 e. The maximum absolute atomic E-state index is 10.5. The second kappa shape index (κ2) is 7.66. The molecule has 0 aliphatic rings. The van der Waals surface area contributed by atoms with E-state index in [2.05, 4.69) is 11.6 Å². The van der Waals surface area contributed by atoms with Crippen LogP contribution in [0.1, 0.15) is 5.56 Å². The standard InChI is InChI=1S/C15H15NO3/c1-3-16-11-10-13(8-9-15(17)18)19-14-7-5-4-6-12(14)2/h3-11H,1H2,2H3,(H,17,18)/b9-8+,13-10+,16-11?. The van der Waals surface area contributed by atoms with Gasteiger partial charge in [-0.2, -0.15) is 0 Å². The number of hydrogen-bond donors (Lipinski definition) is 1. The third-order valence-corrected chi connectivity index (χ3v) is 2.14. The van der Waals surface area contributed by atoms with Crippen LogP contribution in [0.4, 0.5) is 0 Å².